The van der Waals surface area contributed by atoms with Gasteiger partial charge in [0.25, 0.3) is 0 Å². The minimum atomic E-state index is -1.16. The molecule has 1 amide bonds. The summed E-state index contributed by atoms with van der Waals surface area (Å²) in [6, 6.07) is 8.00. The van der Waals surface area contributed by atoms with Crippen LogP contribution in [0.25, 0.3) is 11.4 Å². The lowest BCUT2D eigenvalue weighted by Gasteiger charge is -2.08. The third kappa shape index (κ3) is 4.49. The molecule has 0 atom stereocenters. The minimum Gasteiger partial charge on any atom is -0.478 e. The molecule has 0 spiro atoms. The number of anilines is 1. The van der Waals surface area contributed by atoms with Gasteiger partial charge in [0, 0.05) is 30.2 Å². The number of hydrogen-bond acceptors (Lipinski definition) is 6. The maximum Gasteiger partial charge on any atom is 0.337 e. The van der Waals surface area contributed by atoms with Gasteiger partial charge in [0.1, 0.15) is 0 Å². The zero-order valence-electron chi connectivity index (χ0n) is 14.8. The molecule has 3 rings (SSSR count). The molecule has 2 N–H and O–H groups in total. The quantitative estimate of drug-likeness (QED) is 0.566. The smallest absolute Gasteiger partial charge is 0.337 e. The Morgan fingerprint density at radius 1 is 1.21 bits per heavy atom. The molecule has 0 radical (unpaired) electrons. The fraction of sp³-hybridized carbons (Fsp3) is 0.167. The van der Waals surface area contributed by atoms with Crippen LogP contribution >= 0.6 is 23.4 Å². The third-order valence-electron chi connectivity index (χ3n) is 3.78. The highest BCUT2D eigenvalue weighted by Crippen LogP contribution is 2.24. The molecule has 0 unspecified atom stereocenters. The molecular weight excluding hydrogens is 402 g/mol. The number of rotatable bonds is 7. The van der Waals surface area contributed by atoms with E-state index in [1.165, 1.54) is 23.9 Å². The molecule has 2 aromatic heterocycles. The average molecular weight is 418 g/mol. The number of carboxylic acids is 1. The van der Waals surface area contributed by atoms with Crippen LogP contribution in [-0.4, -0.2) is 42.5 Å². The summed E-state index contributed by atoms with van der Waals surface area (Å²) in [6.07, 6.45) is 3.36. The monoisotopic (exact) mass is 417 g/mol. The molecule has 1 aromatic carbocycles. The maximum absolute atomic E-state index is 12.3. The van der Waals surface area contributed by atoms with Crippen molar-refractivity contribution in [1.29, 1.82) is 0 Å². The van der Waals surface area contributed by atoms with E-state index < -0.39 is 5.97 Å². The highest BCUT2D eigenvalue weighted by Gasteiger charge is 2.15. The van der Waals surface area contributed by atoms with E-state index in [4.69, 9.17) is 16.7 Å². The normalized spacial score (nSPS) is 10.6. The van der Waals surface area contributed by atoms with Crippen LogP contribution in [0, 0.1) is 0 Å². The number of carbonyl (C=O) groups excluding carboxylic acids is 1. The van der Waals surface area contributed by atoms with E-state index in [1.54, 1.807) is 18.5 Å². The summed E-state index contributed by atoms with van der Waals surface area (Å²) in [4.78, 5) is 27.4. The number of aromatic carboxylic acids is 1. The van der Waals surface area contributed by atoms with Crippen molar-refractivity contribution in [3.63, 3.8) is 0 Å². The Hall–Kier alpha value is -2.91. The molecule has 0 saturated carbocycles. The second-order valence-corrected chi connectivity index (χ2v) is 6.97. The van der Waals surface area contributed by atoms with Gasteiger partial charge in [-0.2, -0.15) is 0 Å². The molecule has 8 nitrogen and oxygen atoms in total. The Morgan fingerprint density at radius 2 is 1.96 bits per heavy atom. The van der Waals surface area contributed by atoms with E-state index in [2.05, 4.69) is 20.5 Å². The number of amides is 1. The number of pyridine rings is 1. The van der Waals surface area contributed by atoms with Crippen LogP contribution in [-0.2, 0) is 11.3 Å². The number of thioether (sulfide) groups is 1. The molecule has 0 saturated heterocycles. The summed E-state index contributed by atoms with van der Waals surface area (Å²) in [7, 11) is 0. The number of halogens is 1. The van der Waals surface area contributed by atoms with Crippen molar-refractivity contribution in [2.24, 2.45) is 0 Å². The molecule has 10 heteroatoms. The van der Waals surface area contributed by atoms with Gasteiger partial charge in [-0.25, -0.2) is 4.79 Å². The summed E-state index contributed by atoms with van der Waals surface area (Å²) in [5.41, 5.74) is 1.18. The number of aromatic nitrogens is 4. The Morgan fingerprint density at radius 3 is 2.64 bits per heavy atom. The van der Waals surface area contributed by atoms with Crippen molar-refractivity contribution in [3.8, 4) is 11.4 Å². The van der Waals surface area contributed by atoms with Gasteiger partial charge in [-0.1, -0.05) is 23.4 Å². The predicted molar refractivity (Wildman–Crippen MR) is 107 cm³/mol. The Bertz CT molecular complexity index is 1010. The van der Waals surface area contributed by atoms with Crippen molar-refractivity contribution in [3.05, 3.63) is 53.3 Å². The Kier molecular flexibility index (Phi) is 6.27. The van der Waals surface area contributed by atoms with E-state index in [1.807, 2.05) is 23.6 Å². The largest absolute Gasteiger partial charge is 0.478 e. The molecule has 0 fully saturated rings. The van der Waals surface area contributed by atoms with E-state index in [9.17, 15) is 9.59 Å². The molecule has 0 aliphatic rings. The molecule has 28 heavy (non-hydrogen) atoms. The summed E-state index contributed by atoms with van der Waals surface area (Å²) in [6.45, 7) is 2.62. The van der Waals surface area contributed by atoms with Gasteiger partial charge in [0.2, 0.25) is 5.91 Å². The average Bonchev–Trinajstić information content (AvgIpc) is 3.11. The lowest BCUT2D eigenvalue weighted by atomic mass is 10.2. The molecule has 0 bridgehead atoms. The van der Waals surface area contributed by atoms with Gasteiger partial charge >= 0.3 is 5.97 Å². The molecule has 144 valence electrons. The SMILES string of the molecule is CCn1c(SCC(=O)Nc2ccc(Cl)c(C(=O)O)c2)nnc1-c1ccncc1. The minimum absolute atomic E-state index is 0.0696. The Balaban J connectivity index is 1.68. The van der Waals surface area contributed by atoms with Crippen LogP contribution in [0.1, 0.15) is 17.3 Å². The van der Waals surface area contributed by atoms with Crippen LogP contribution < -0.4 is 5.32 Å². The highest BCUT2D eigenvalue weighted by atomic mass is 35.5. The maximum atomic E-state index is 12.3. The highest BCUT2D eigenvalue weighted by molar-refractivity contribution is 7.99. The zero-order chi connectivity index (χ0) is 20.1. The van der Waals surface area contributed by atoms with Crippen molar-refractivity contribution in [2.75, 3.05) is 11.1 Å². The van der Waals surface area contributed by atoms with Gasteiger partial charge in [-0.3, -0.25) is 9.78 Å². The van der Waals surface area contributed by atoms with Gasteiger partial charge in [-0.05, 0) is 37.3 Å². The first-order chi connectivity index (χ1) is 13.5. The van der Waals surface area contributed by atoms with Crippen molar-refractivity contribution < 1.29 is 14.7 Å². The number of carboxylic acid groups (broad SMARTS) is 1. The number of carbonyl (C=O) groups is 2. The fourth-order valence-corrected chi connectivity index (χ4v) is 3.49. The van der Waals surface area contributed by atoms with Crippen LogP contribution in [0.3, 0.4) is 0 Å². The first-order valence-corrected chi connectivity index (χ1v) is 9.65. The summed E-state index contributed by atoms with van der Waals surface area (Å²) in [5.74, 6) is -0.647. The lowest BCUT2D eigenvalue weighted by molar-refractivity contribution is -0.113. The third-order valence-corrected chi connectivity index (χ3v) is 5.08. The predicted octanol–water partition coefficient (Wildman–Crippen LogP) is 3.44. The van der Waals surface area contributed by atoms with Gasteiger partial charge < -0.3 is 15.0 Å². The summed E-state index contributed by atoms with van der Waals surface area (Å²) < 4.78 is 1.91. The first kappa shape index (κ1) is 19.8. The van der Waals surface area contributed by atoms with Crippen molar-refractivity contribution in [2.45, 2.75) is 18.6 Å². The molecule has 3 aromatic rings. The van der Waals surface area contributed by atoms with Crippen LogP contribution in [0.5, 0.6) is 0 Å². The van der Waals surface area contributed by atoms with Crippen LogP contribution in [0.4, 0.5) is 5.69 Å². The number of nitrogens with zero attached hydrogens (tertiary/aromatic N) is 4. The standard InChI is InChI=1S/C18H16ClN5O3S/c1-2-24-16(11-5-7-20-8-6-11)22-23-18(24)28-10-15(25)21-12-3-4-14(19)13(9-12)17(26)27/h3-9H,2,10H2,1H3,(H,21,25)(H,26,27). The van der Waals surface area contributed by atoms with Crippen LogP contribution in [0.2, 0.25) is 5.02 Å². The number of benzene rings is 1. The van der Waals surface area contributed by atoms with Crippen LogP contribution in [0.15, 0.2) is 47.9 Å². The van der Waals surface area contributed by atoms with Gasteiger partial charge in [-0.15, -0.1) is 10.2 Å². The Labute approximate surface area is 170 Å². The van der Waals surface area contributed by atoms with Crippen molar-refractivity contribution in [1.82, 2.24) is 19.7 Å². The van der Waals surface area contributed by atoms with E-state index in [0.717, 1.165) is 5.56 Å². The zero-order valence-corrected chi connectivity index (χ0v) is 16.4. The molecular formula is C18H16ClN5O3S. The number of hydrogen-bond donors (Lipinski definition) is 2. The molecule has 2 heterocycles. The molecule has 0 aliphatic heterocycles. The second-order valence-electron chi connectivity index (χ2n) is 5.62. The van der Waals surface area contributed by atoms with E-state index >= 15 is 0 Å². The second kappa shape index (κ2) is 8.85. The van der Waals surface area contributed by atoms with Crippen molar-refractivity contribution >= 4 is 40.9 Å². The van der Waals surface area contributed by atoms with E-state index in [-0.39, 0.29) is 22.2 Å². The topological polar surface area (TPSA) is 110 Å². The first-order valence-electron chi connectivity index (χ1n) is 8.28. The lowest BCUT2D eigenvalue weighted by Crippen LogP contribution is -2.15. The molecule has 0 aliphatic carbocycles. The number of nitrogens with one attached hydrogen (secondary N) is 1. The summed E-state index contributed by atoms with van der Waals surface area (Å²) in [5, 5.41) is 20.9. The van der Waals surface area contributed by atoms with Gasteiger partial charge in [0.05, 0.1) is 16.3 Å². The van der Waals surface area contributed by atoms with E-state index in [0.29, 0.717) is 23.2 Å². The fourth-order valence-electron chi connectivity index (χ4n) is 2.49. The van der Waals surface area contributed by atoms with Gasteiger partial charge in [0.15, 0.2) is 11.0 Å². The summed E-state index contributed by atoms with van der Waals surface area (Å²) >= 11 is 7.08.